The van der Waals surface area contributed by atoms with Crippen LogP contribution in [0.25, 0.3) is 0 Å². The maximum absolute atomic E-state index is 12.4. The molecule has 0 saturated carbocycles. The number of anilines is 2. The van der Waals surface area contributed by atoms with Crippen molar-refractivity contribution in [2.45, 2.75) is 38.8 Å². The van der Waals surface area contributed by atoms with E-state index in [0.29, 0.717) is 25.7 Å². The van der Waals surface area contributed by atoms with E-state index in [1.54, 1.807) is 0 Å². The third-order valence-electron chi connectivity index (χ3n) is 6.03. The van der Waals surface area contributed by atoms with Crippen molar-refractivity contribution in [2.75, 3.05) is 49.1 Å². The molecule has 3 heterocycles. The minimum absolute atomic E-state index is 0.0473. The highest BCUT2D eigenvalue weighted by atomic mass is 16.5. The Kier molecular flexibility index (Phi) is 6.79. The number of amides is 1. The fourth-order valence-corrected chi connectivity index (χ4v) is 4.19. The molecule has 2 saturated heterocycles. The number of carbonyl (C=O) groups is 1. The predicted octanol–water partition coefficient (Wildman–Crippen LogP) is 2.72. The molecule has 2 aliphatic rings. The van der Waals surface area contributed by atoms with Gasteiger partial charge in [0.2, 0.25) is 5.91 Å². The molecule has 1 unspecified atom stereocenters. The lowest BCUT2D eigenvalue weighted by atomic mass is 10.0. The van der Waals surface area contributed by atoms with Gasteiger partial charge in [0.1, 0.15) is 6.61 Å². The molecule has 160 valence electrons. The molecular weight excluding hydrogens is 378 g/mol. The second kappa shape index (κ2) is 9.89. The molecule has 1 aromatic heterocycles. The van der Waals surface area contributed by atoms with Crippen LogP contribution in [0.2, 0.25) is 0 Å². The van der Waals surface area contributed by atoms with Crippen LogP contribution in [0.5, 0.6) is 0 Å². The van der Waals surface area contributed by atoms with Gasteiger partial charge in [-0.2, -0.15) is 0 Å². The largest absolute Gasteiger partial charge is 0.367 e. The predicted molar refractivity (Wildman–Crippen MR) is 118 cm³/mol. The maximum Gasteiger partial charge on any atom is 0.248 e. The highest BCUT2D eigenvalue weighted by Gasteiger charge is 2.23. The second-order valence-corrected chi connectivity index (χ2v) is 8.13. The number of piperidine rings is 1. The number of rotatable bonds is 6. The van der Waals surface area contributed by atoms with Crippen LogP contribution in [0.1, 0.15) is 31.7 Å². The van der Waals surface area contributed by atoms with Gasteiger partial charge in [-0.15, -0.1) is 10.2 Å². The Hall–Kier alpha value is -2.67. The van der Waals surface area contributed by atoms with Crippen molar-refractivity contribution in [3.05, 3.63) is 48.0 Å². The summed E-state index contributed by atoms with van der Waals surface area (Å²) in [5.41, 5.74) is 1.08. The molecule has 2 aromatic rings. The molecule has 1 aromatic carbocycles. The van der Waals surface area contributed by atoms with E-state index >= 15 is 0 Å². The van der Waals surface area contributed by atoms with Crippen LogP contribution in [-0.4, -0.2) is 66.4 Å². The van der Waals surface area contributed by atoms with Gasteiger partial charge in [-0.3, -0.25) is 4.79 Å². The standard InChI is InChI=1S/C23H31N5O2/c1-19-7-5-6-12-28(19)22-11-10-21(24-25-22)26-13-15-27(16-14-26)23(29)18-30-17-20-8-3-2-4-9-20/h2-4,8-11,19H,5-7,12-18H2,1H3. The van der Waals surface area contributed by atoms with Crippen LogP contribution in [0.3, 0.4) is 0 Å². The first-order chi connectivity index (χ1) is 14.7. The minimum atomic E-state index is 0.0473. The van der Waals surface area contributed by atoms with Crippen LogP contribution >= 0.6 is 0 Å². The number of aromatic nitrogens is 2. The molecule has 7 nitrogen and oxygen atoms in total. The van der Waals surface area contributed by atoms with E-state index in [2.05, 4.69) is 39.1 Å². The van der Waals surface area contributed by atoms with Gasteiger partial charge in [0.25, 0.3) is 0 Å². The van der Waals surface area contributed by atoms with E-state index in [1.807, 2.05) is 35.2 Å². The molecule has 0 spiro atoms. The molecule has 4 rings (SSSR count). The van der Waals surface area contributed by atoms with Gasteiger partial charge < -0.3 is 19.4 Å². The Morgan fingerprint density at radius 3 is 2.40 bits per heavy atom. The van der Waals surface area contributed by atoms with E-state index in [1.165, 1.54) is 19.3 Å². The van der Waals surface area contributed by atoms with Crippen LogP contribution in [0, 0.1) is 0 Å². The highest BCUT2D eigenvalue weighted by molar-refractivity contribution is 5.77. The van der Waals surface area contributed by atoms with Crippen LogP contribution < -0.4 is 9.80 Å². The van der Waals surface area contributed by atoms with E-state index in [-0.39, 0.29) is 12.5 Å². The van der Waals surface area contributed by atoms with Gasteiger partial charge in [-0.25, -0.2) is 0 Å². The molecule has 7 heteroatoms. The van der Waals surface area contributed by atoms with Gasteiger partial charge in [0, 0.05) is 38.8 Å². The van der Waals surface area contributed by atoms with Crippen molar-refractivity contribution in [1.82, 2.24) is 15.1 Å². The monoisotopic (exact) mass is 409 g/mol. The quantitative estimate of drug-likeness (QED) is 0.731. The van der Waals surface area contributed by atoms with Crippen molar-refractivity contribution in [1.29, 1.82) is 0 Å². The summed E-state index contributed by atoms with van der Waals surface area (Å²) in [5.74, 6) is 1.90. The van der Waals surface area contributed by atoms with E-state index in [4.69, 9.17) is 4.74 Å². The summed E-state index contributed by atoms with van der Waals surface area (Å²) < 4.78 is 5.59. The van der Waals surface area contributed by atoms with Crippen LogP contribution in [-0.2, 0) is 16.1 Å². The first kappa shape index (κ1) is 20.6. The minimum Gasteiger partial charge on any atom is -0.367 e. The van der Waals surface area contributed by atoms with Gasteiger partial charge in [-0.05, 0) is 43.9 Å². The normalized spacial score (nSPS) is 19.8. The smallest absolute Gasteiger partial charge is 0.248 e. The summed E-state index contributed by atoms with van der Waals surface area (Å²) in [6.45, 7) is 6.79. The van der Waals surface area contributed by atoms with Crippen LogP contribution in [0.15, 0.2) is 42.5 Å². The first-order valence-electron chi connectivity index (χ1n) is 11.0. The third-order valence-corrected chi connectivity index (χ3v) is 6.03. The number of hydrogen-bond acceptors (Lipinski definition) is 6. The second-order valence-electron chi connectivity index (χ2n) is 8.13. The summed E-state index contributed by atoms with van der Waals surface area (Å²) in [7, 11) is 0. The Bertz CT molecular complexity index is 806. The van der Waals surface area contributed by atoms with Gasteiger partial charge in [-0.1, -0.05) is 30.3 Å². The van der Waals surface area contributed by atoms with Crippen molar-refractivity contribution >= 4 is 17.5 Å². The molecule has 2 aliphatic heterocycles. The molecular formula is C23H31N5O2. The molecule has 1 atom stereocenters. The van der Waals surface area contributed by atoms with Gasteiger partial charge in [0.05, 0.1) is 6.61 Å². The lowest BCUT2D eigenvalue weighted by Crippen LogP contribution is -2.50. The lowest BCUT2D eigenvalue weighted by molar-refractivity contribution is -0.136. The van der Waals surface area contributed by atoms with Crippen LogP contribution in [0.4, 0.5) is 11.6 Å². The molecule has 0 N–H and O–H groups in total. The Morgan fingerprint density at radius 1 is 0.967 bits per heavy atom. The summed E-state index contributed by atoms with van der Waals surface area (Å²) in [6.07, 6.45) is 3.73. The molecule has 1 amide bonds. The maximum atomic E-state index is 12.4. The van der Waals surface area contributed by atoms with Crippen molar-refractivity contribution in [2.24, 2.45) is 0 Å². The zero-order valence-corrected chi connectivity index (χ0v) is 17.7. The average Bonchev–Trinajstić information content (AvgIpc) is 2.80. The molecule has 0 aliphatic carbocycles. The number of nitrogens with zero attached hydrogens (tertiary/aromatic N) is 5. The fourth-order valence-electron chi connectivity index (χ4n) is 4.19. The summed E-state index contributed by atoms with van der Waals surface area (Å²) in [5, 5.41) is 8.96. The molecule has 2 fully saturated rings. The summed E-state index contributed by atoms with van der Waals surface area (Å²) in [6, 6.07) is 14.6. The van der Waals surface area contributed by atoms with E-state index in [0.717, 1.165) is 36.8 Å². The number of piperazine rings is 1. The number of ether oxygens (including phenoxy) is 1. The first-order valence-corrected chi connectivity index (χ1v) is 11.0. The fraction of sp³-hybridized carbons (Fsp3) is 0.522. The Balaban J connectivity index is 1.23. The number of hydrogen-bond donors (Lipinski definition) is 0. The zero-order chi connectivity index (χ0) is 20.8. The van der Waals surface area contributed by atoms with E-state index < -0.39 is 0 Å². The van der Waals surface area contributed by atoms with Gasteiger partial charge in [0.15, 0.2) is 11.6 Å². The van der Waals surface area contributed by atoms with Crippen molar-refractivity contribution in [3.8, 4) is 0 Å². The van der Waals surface area contributed by atoms with Crippen molar-refractivity contribution in [3.63, 3.8) is 0 Å². The SMILES string of the molecule is CC1CCCCN1c1ccc(N2CCN(C(=O)COCc3ccccc3)CC2)nn1. The number of carbonyl (C=O) groups excluding carboxylic acids is 1. The van der Waals surface area contributed by atoms with Gasteiger partial charge >= 0.3 is 0 Å². The Labute approximate surface area is 178 Å². The van der Waals surface area contributed by atoms with E-state index in [9.17, 15) is 4.79 Å². The zero-order valence-electron chi connectivity index (χ0n) is 17.7. The third kappa shape index (κ3) is 5.08. The van der Waals surface area contributed by atoms with Crippen molar-refractivity contribution < 1.29 is 9.53 Å². The lowest BCUT2D eigenvalue weighted by Gasteiger charge is -2.36. The summed E-state index contributed by atoms with van der Waals surface area (Å²) >= 11 is 0. The summed E-state index contributed by atoms with van der Waals surface area (Å²) in [4.78, 5) is 18.9. The molecule has 0 radical (unpaired) electrons. The number of benzene rings is 1. The Morgan fingerprint density at radius 2 is 1.70 bits per heavy atom. The molecule has 0 bridgehead atoms. The molecule has 30 heavy (non-hydrogen) atoms. The average molecular weight is 410 g/mol. The highest BCUT2D eigenvalue weighted by Crippen LogP contribution is 2.23. The topological polar surface area (TPSA) is 61.8 Å².